The molecule has 0 radical (unpaired) electrons. The summed E-state index contributed by atoms with van der Waals surface area (Å²) in [5, 5.41) is 3.61. The minimum absolute atomic E-state index is 0.441. The fourth-order valence-electron chi connectivity index (χ4n) is 3.50. The molecule has 0 aromatic heterocycles. The monoisotopic (exact) mass is 210 g/mol. The summed E-state index contributed by atoms with van der Waals surface area (Å²) in [5.41, 5.74) is 0.441. The SMILES string of the molecule is CNC1(CC2CCCCC2)CCN(C)C1. The smallest absolute Gasteiger partial charge is 0.0320 e. The number of nitrogens with zero attached hydrogens (tertiary/aromatic N) is 1. The van der Waals surface area contributed by atoms with Gasteiger partial charge in [0.1, 0.15) is 0 Å². The maximum Gasteiger partial charge on any atom is 0.0320 e. The minimum Gasteiger partial charge on any atom is -0.313 e. The molecular formula is C13H26N2. The summed E-state index contributed by atoms with van der Waals surface area (Å²) in [7, 11) is 4.40. The second-order valence-corrected chi connectivity index (χ2v) is 5.73. The van der Waals surface area contributed by atoms with Crippen molar-refractivity contribution < 1.29 is 0 Å². The Morgan fingerprint density at radius 3 is 2.53 bits per heavy atom. The third-order valence-electron chi connectivity index (χ3n) is 4.48. The lowest BCUT2D eigenvalue weighted by atomic mass is 9.79. The molecule has 2 nitrogen and oxygen atoms in total. The molecule has 15 heavy (non-hydrogen) atoms. The van der Waals surface area contributed by atoms with Gasteiger partial charge in [-0.15, -0.1) is 0 Å². The maximum absolute atomic E-state index is 3.61. The molecule has 2 rings (SSSR count). The van der Waals surface area contributed by atoms with E-state index in [-0.39, 0.29) is 0 Å². The van der Waals surface area contributed by atoms with E-state index in [9.17, 15) is 0 Å². The number of rotatable bonds is 3. The number of nitrogens with one attached hydrogen (secondary N) is 1. The molecule has 2 heteroatoms. The van der Waals surface area contributed by atoms with Gasteiger partial charge in [0.15, 0.2) is 0 Å². The standard InChI is InChI=1S/C13H26N2/c1-14-13(8-9-15(2)11-13)10-12-6-4-3-5-7-12/h12,14H,3-11H2,1-2H3. The highest BCUT2D eigenvalue weighted by atomic mass is 15.2. The minimum atomic E-state index is 0.441. The van der Waals surface area contributed by atoms with E-state index in [0.717, 1.165) is 5.92 Å². The summed E-state index contributed by atoms with van der Waals surface area (Å²) in [6, 6.07) is 0. The normalized spacial score (nSPS) is 34.8. The highest BCUT2D eigenvalue weighted by molar-refractivity contribution is 4.97. The molecule has 1 atom stereocenters. The summed E-state index contributed by atoms with van der Waals surface area (Å²) in [6.07, 6.45) is 10.1. The van der Waals surface area contributed by atoms with E-state index < -0.39 is 0 Å². The van der Waals surface area contributed by atoms with Crippen LogP contribution < -0.4 is 5.32 Å². The zero-order valence-corrected chi connectivity index (χ0v) is 10.4. The van der Waals surface area contributed by atoms with Crippen LogP contribution >= 0.6 is 0 Å². The van der Waals surface area contributed by atoms with Gasteiger partial charge in [-0.2, -0.15) is 0 Å². The summed E-state index contributed by atoms with van der Waals surface area (Å²) in [6.45, 7) is 2.52. The Bertz CT molecular complexity index is 199. The van der Waals surface area contributed by atoms with Crippen LogP contribution in [-0.2, 0) is 0 Å². The molecule has 88 valence electrons. The van der Waals surface area contributed by atoms with E-state index in [4.69, 9.17) is 0 Å². The Kier molecular flexibility index (Phi) is 3.68. The van der Waals surface area contributed by atoms with Crippen molar-refractivity contribution in [2.75, 3.05) is 27.2 Å². The van der Waals surface area contributed by atoms with Crippen molar-refractivity contribution in [3.63, 3.8) is 0 Å². The van der Waals surface area contributed by atoms with Crippen molar-refractivity contribution in [1.82, 2.24) is 10.2 Å². The van der Waals surface area contributed by atoms with Crippen LogP contribution in [0.15, 0.2) is 0 Å². The first-order valence-corrected chi connectivity index (χ1v) is 6.62. The van der Waals surface area contributed by atoms with Crippen LogP contribution in [0.2, 0.25) is 0 Å². The van der Waals surface area contributed by atoms with Gasteiger partial charge in [-0.05, 0) is 39.4 Å². The molecule has 2 fully saturated rings. The quantitative estimate of drug-likeness (QED) is 0.768. The molecule has 0 amide bonds. The summed E-state index contributed by atoms with van der Waals surface area (Å²) >= 11 is 0. The van der Waals surface area contributed by atoms with Gasteiger partial charge in [0.2, 0.25) is 0 Å². The van der Waals surface area contributed by atoms with Crippen molar-refractivity contribution in [3.8, 4) is 0 Å². The lowest BCUT2D eigenvalue weighted by molar-refractivity contribution is 0.227. The third kappa shape index (κ3) is 2.73. The van der Waals surface area contributed by atoms with Crippen LogP contribution in [-0.4, -0.2) is 37.6 Å². The molecule has 1 unspecified atom stereocenters. The van der Waals surface area contributed by atoms with Gasteiger partial charge in [-0.3, -0.25) is 0 Å². The van der Waals surface area contributed by atoms with Gasteiger partial charge in [-0.1, -0.05) is 32.1 Å². The summed E-state index contributed by atoms with van der Waals surface area (Å²) < 4.78 is 0. The molecule has 1 aliphatic carbocycles. The maximum atomic E-state index is 3.61. The lowest BCUT2D eigenvalue weighted by Crippen LogP contribution is -2.46. The molecule has 0 aromatic carbocycles. The Morgan fingerprint density at radius 1 is 1.27 bits per heavy atom. The fourth-order valence-corrected chi connectivity index (χ4v) is 3.50. The van der Waals surface area contributed by atoms with Crippen molar-refractivity contribution >= 4 is 0 Å². The Labute approximate surface area is 94.4 Å². The van der Waals surface area contributed by atoms with Gasteiger partial charge in [0, 0.05) is 12.1 Å². The average molecular weight is 210 g/mol. The van der Waals surface area contributed by atoms with Gasteiger partial charge >= 0.3 is 0 Å². The van der Waals surface area contributed by atoms with Crippen molar-refractivity contribution in [2.45, 2.75) is 50.5 Å². The second kappa shape index (κ2) is 4.84. The molecule has 1 saturated heterocycles. The Morgan fingerprint density at radius 2 is 2.00 bits per heavy atom. The summed E-state index contributed by atoms with van der Waals surface area (Å²) in [4.78, 5) is 2.47. The number of likely N-dealkylation sites (N-methyl/N-ethyl adjacent to an activating group) is 2. The van der Waals surface area contributed by atoms with Crippen LogP contribution in [0.4, 0.5) is 0 Å². The van der Waals surface area contributed by atoms with Crippen LogP contribution in [0.25, 0.3) is 0 Å². The third-order valence-corrected chi connectivity index (χ3v) is 4.48. The molecule has 1 saturated carbocycles. The Balaban J connectivity index is 1.89. The molecular weight excluding hydrogens is 184 g/mol. The summed E-state index contributed by atoms with van der Waals surface area (Å²) in [5.74, 6) is 0.998. The molecule has 1 N–H and O–H groups in total. The van der Waals surface area contributed by atoms with Gasteiger partial charge in [0.05, 0.1) is 0 Å². The van der Waals surface area contributed by atoms with Gasteiger partial charge < -0.3 is 10.2 Å². The van der Waals surface area contributed by atoms with E-state index in [1.165, 1.54) is 58.0 Å². The second-order valence-electron chi connectivity index (χ2n) is 5.73. The van der Waals surface area contributed by atoms with Crippen LogP contribution in [0.1, 0.15) is 44.9 Å². The van der Waals surface area contributed by atoms with Crippen molar-refractivity contribution in [1.29, 1.82) is 0 Å². The predicted molar refractivity (Wildman–Crippen MR) is 65.1 cm³/mol. The van der Waals surface area contributed by atoms with Gasteiger partial charge in [-0.25, -0.2) is 0 Å². The topological polar surface area (TPSA) is 15.3 Å². The zero-order valence-electron chi connectivity index (χ0n) is 10.4. The predicted octanol–water partition coefficient (Wildman–Crippen LogP) is 2.25. The van der Waals surface area contributed by atoms with E-state index in [1.807, 2.05) is 0 Å². The fraction of sp³-hybridized carbons (Fsp3) is 1.00. The molecule has 1 aliphatic heterocycles. The molecule has 1 heterocycles. The molecule has 0 spiro atoms. The number of likely N-dealkylation sites (tertiary alicyclic amines) is 1. The molecule has 2 aliphatic rings. The highest BCUT2D eigenvalue weighted by Crippen LogP contribution is 2.34. The number of hydrogen-bond acceptors (Lipinski definition) is 2. The zero-order chi connectivity index (χ0) is 10.7. The largest absolute Gasteiger partial charge is 0.313 e. The van der Waals surface area contributed by atoms with Gasteiger partial charge in [0.25, 0.3) is 0 Å². The van der Waals surface area contributed by atoms with E-state index in [0.29, 0.717) is 5.54 Å². The highest BCUT2D eigenvalue weighted by Gasteiger charge is 2.37. The Hall–Kier alpha value is -0.0800. The number of hydrogen-bond donors (Lipinski definition) is 1. The van der Waals surface area contributed by atoms with Crippen LogP contribution in [0.3, 0.4) is 0 Å². The van der Waals surface area contributed by atoms with E-state index >= 15 is 0 Å². The lowest BCUT2D eigenvalue weighted by Gasteiger charge is -2.34. The van der Waals surface area contributed by atoms with Crippen molar-refractivity contribution in [2.24, 2.45) is 5.92 Å². The van der Waals surface area contributed by atoms with Crippen molar-refractivity contribution in [3.05, 3.63) is 0 Å². The van der Waals surface area contributed by atoms with Crippen LogP contribution in [0, 0.1) is 5.92 Å². The first-order chi connectivity index (χ1) is 7.24. The molecule has 0 bridgehead atoms. The van der Waals surface area contributed by atoms with E-state index in [2.05, 4.69) is 24.3 Å². The average Bonchev–Trinajstić information content (AvgIpc) is 2.62. The first kappa shape index (κ1) is 11.4. The molecule has 0 aromatic rings. The van der Waals surface area contributed by atoms with E-state index in [1.54, 1.807) is 0 Å². The van der Waals surface area contributed by atoms with Crippen LogP contribution in [0.5, 0.6) is 0 Å². The first-order valence-electron chi connectivity index (χ1n) is 6.62.